The van der Waals surface area contributed by atoms with E-state index in [1.807, 2.05) is 0 Å². The largest absolute Gasteiger partial charge is 0.461 e. The van der Waals surface area contributed by atoms with Crippen LogP contribution >= 0.6 is 22.6 Å². The predicted octanol–water partition coefficient (Wildman–Crippen LogP) is 3.82. The molecule has 0 unspecified atom stereocenters. The van der Waals surface area contributed by atoms with Crippen LogP contribution in [0.1, 0.15) is 35.0 Å². The number of hydrogen-bond acceptors (Lipinski definition) is 3. The summed E-state index contributed by atoms with van der Waals surface area (Å²) in [6.07, 6.45) is -8.08. The first-order valence-corrected chi connectivity index (χ1v) is 5.99. The third-order valence-corrected chi connectivity index (χ3v) is 2.84. The zero-order valence-corrected chi connectivity index (χ0v) is 11.6. The standard InChI is InChI=1S/C10H7F5INO2/c1-2-19-9(18)6-4(7(11)12)3-5(8(16)17-6)10(13,14)15/h3,7H,2H2,1H3. The fraction of sp³-hybridized carbons (Fsp3) is 0.400. The van der Waals surface area contributed by atoms with Crippen molar-refractivity contribution in [3.8, 4) is 0 Å². The summed E-state index contributed by atoms with van der Waals surface area (Å²) in [6, 6.07) is 0.228. The summed E-state index contributed by atoms with van der Waals surface area (Å²) in [5, 5.41) is 0. The van der Waals surface area contributed by atoms with Crippen LogP contribution in [0.25, 0.3) is 0 Å². The number of alkyl halides is 5. The van der Waals surface area contributed by atoms with Gasteiger partial charge in [-0.1, -0.05) is 0 Å². The fourth-order valence-electron chi connectivity index (χ4n) is 1.23. The number of hydrogen-bond donors (Lipinski definition) is 0. The van der Waals surface area contributed by atoms with Gasteiger partial charge in [0, 0.05) is 0 Å². The van der Waals surface area contributed by atoms with E-state index >= 15 is 0 Å². The lowest BCUT2D eigenvalue weighted by Gasteiger charge is -2.13. The van der Waals surface area contributed by atoms with Gasteiger partial charge in [0.1, 0.15) is 3.70 Å². The van der Waals surface area contributed by atoms with Gasteiger partial charge >= 0.3 is 12.1 Å². The zero-order chi connectivity index (χ0) is 14.8. The molecule has 1 heterocycles. The topological polar surface area (TPSA) is 39.2 Å². The van der Waals surface area contributed by atoms with Crippen molar-refractivity contribution in [2.45, 2.75) is 19.5 Å². The first kappa shape index (κ1) is 16.1. The van der Waals surface area contributed by atoms with E-state index in [1.165, 1.54) is 29.5 Å². The number of carbonyl (C=O) groups is 1. The van der Waals surface area contributed by atoms with Crippen molar-refractivity contribution >= 4 is 28.6 Å². The summed E-state index contributed by atoms with van der Waals surface area (Å²) in [6.45, 7) is 1.34. The van der Waals surface area contributed by atoms with Crippen molar-refractivity contribution in [2.75, 3.05) is 6.61 Å². The number of ether oxygens (including phenoxy) is 1. The number of aromatic nitrogens is 1. The molecular weight excluding hydrogens is 388 g/mol. The molecule has 0 fully saturated rings. The molecule has 0 aliphatic carbocycles. The lowest BCUT2D eigenvalue weighted by molar-refractivity contribution is -0.138. The Morgan fingerprint density at radius 2 is 2.05 bits per heavy atom. The molecule has 0 spiro atoms. The van der Waals surface area contributed by atoms with Crippen LogP contribution < -0.4 is 0 Å². The molecule has 0 radical (unpaired) electrons. The normalized spacial score (nSPS) is 11.8. The third kappa shape index (κ3) is 3.74. The Hall–Kier alpha value is -1.00. The van der Waals surface area contributed by atoms with E-state index in [9.17, 15) is 26.7 Å². The second-order valence-corrected chi connectivity index (χ2v) is 4.31. The first-order chi connectivity index (χ1) is 8.68. The van der Waals surface area contributed by atoms with Gasteiger partial charge in [-0.3, -0.25) is 0 Å². The lowest BCUT2D eigenvalue weighted by Crippen LogP contribution is -2.17. The minimum Gasteiger partial charge on any atom is -0.461 e. The van der Waals surface area contributed by atoms with Crippen LogP contribution in [-0.2, 0) is 10.9 Å². The minimum atomic E-state index is -4.82. The number of esters is 1. The van der Waals surface area contributed by atoms with Crippen LogP contribution in [0.3, 0.4) is 0 Å². The molecule has 3 nitrogen and oxygen atoms in total. The fourth-order valence-corrected chi connectivity index (χ4v) is 1.94. The summed E-state index contributed by atoms with van der Waals surface area (Å²) in [5.74, 6) is -1.18. The predicted molar refractivity (Wildman–Crippen MR) is 62.9 cm³/mol. The van der Waals surface area contributed by atoms with Crippen molar-refractivity contribution in [3.63, 3.8) is 0 Å². The maximum atomic E-state index is 12.7. The summed E-state index contributed by atoms with van der Waals surface area (Å²) in [7, 11) is 0. The van der Waals surface area contributed by atoms with Gasteiger partial charge in [0.2, 0.25) is 0 Å². The highest BCUT2D eigenvalue weighted by Gasteiger charge is 2.36. The van der Waals surface area contributed by atoms with Gasteiger partial charge in [0.05, 0.1) is 17.7 Å². The molecule has 1 aromatic rings. The summed E-state index contributed by atoms with van der Waals surface area (Å²) >= 11 is 1.23. The maximum Gasteiger partial charge on any atom is 0.418 e. The molecule has 0 aromatic carbocycles. The minimum absolute atomic E-state index is 0.0964. The van der Waals surface area contributed by atoms with E-state index in [4.69, 9.17) is 0 Å². The number of pyridine rings is 1. The molecule has 1 rings (SSSR count). The molecule has 0 saturated carbocycles. The lowest BCUT2D eigenvalue weighted by atomic mass is 10.1. The zero-order valence-electron chi connectivity index (χ0n) is 9.39. The van der Waals surface area contributed by atoms with Crippen LogP contribution in [0.2, 0.25) is 0 Å². The van der Waals surface area contributed by atoms with Gasteiger partial charge in [0.15, 0.2) is 5.69 Å². The Balaban J connectivity index is 3.42. The Labute approximate surface area is 118 Å². The molecule has 0 aliphatic rings. The quantitative estimate of drug-likeness (QED) is 0.338. The van der Waals surface area contributed by atoms with Crippen LogP contribution in [0, 0.1) is 3.70 Å². The third-order valence-electron chi connectivity index (χ3n) is 2.01. The van der Waals surface area contributed by atoms with Gasteiger partial charge < -0.3 is 4.74 Å². The number of nitrogens with zero attached hydrogens (tertiary/aromatic N) is 1. The molecule has 0 saturated heterocycles. The Bertz CT molecular complexity index is 490. The highest BCUT2D eigenvalue weighted by atomic mass is 127. The van der Waals surface area contributed by atoms with E-state index in [-0.39, 0.29) is 12.7 Å². The van der Waals surface area contributed by atoms with Gasteiger partial charge in [-0.2, -0.15) is 13.2 Å². The van der Waals surface area contributed by atoms with Gasteiger partial charge in [-0.15, -0.1) is 0 Å². The van der Waals surface area contributed by atoms with Crippen LogP contribution in [0.5, 0.6) is 0 Å². The average Bonchev–Trinajstić information content (AvgIpc) is 2.26. The molecule has 0 bridgehead atoms. The monoisotopic (exact) mass is 395 g/mol. The molecular formula is C10H7F5INO2. The van der Waals surface area contributed by atoms with E-state index in [1.54, 1.807) is 0 Å². The maximum absolute atomic E-state index is 12.7. The molecule has 19 heavy (non-hydrogen) atoms. The van der Waals surface area contributed by atoms with Gasteiger partial charge in [-0.05, 0) is 35.6 Å². The van der Waals surface area contributed by atoms with Crippen molar-refractivity contribution in [2.24, 2.45) is 0 Å². The molecule has 0 N–H and O–H groups in total. The smallest absolute Gasteiger partial charge is 0.418 e. The Morgan fingerprint density at radius 1 is 1.47 bits per heavy atom. The second-order valence-electron chi connectivity index (χ2n) is 3.28. The summed E-state index contributed by atoms with van der Waals surface area (Å²) in [5.41, 5.74) is -3.20. The molecule has 106 valence electrons. The number of carbonyl (C=O) groups excluding carboxylic acids is 1. The van der Waals surface area contributed by atoms with E-state index in [0.717, 1.165) is 0 Å². The van der Waals surface area contributed by atoms with Crippen molar-refractivity contribution in [3.05, 3.63) is 26.6 Å². The van der Waals surface area contributed by atoms with Crippen molar-refractivity contribution in [1.82, 2.24) is 4.98 Å². The summed E-state index contributed by atoms with van der Waals surface area (Å²) in [4.78, 5) is 14.7. The van der Waals surface area contributed by atoms with E-state index in [0.29, 0.717) is 0 Å². The van der Waals surface area contributed by atoms with Crippen LogP contribution in [-0.4, -0.2) is 17.6 Å². The van der Waals surface area contributed by atoms with Crippen molar-refractivity contribution < 1.29 is 31.5 Å². The highest BCUT2D eigenvalue weighted by molar-refractivity contribution is 14.1. The first-order valence-electron chi connectivity index (χ1n) is 4.91. The molecule has 1 aromatic heterocycles. The number of halogens is 6. The highest BCUT2D eigenvalue weighted by Crippen LogP contribution is 2.35. The average molecular weight is 395 g/mol. The Morgan fingerprint density at radius 3 is 2.47 bits per heavy atom. The molecule has 0 aliphatic heterocycles. The molecule has 0 atom stereocenters. The SMILES string of the molecule is CCOC(=O)c1nc(I)c(C(F)(F)F)cc1C(F)F. The molecule has 0 amide bonds. The molecule has 9 heteroatoms. The van der Waals surface area contributed by atoms with Gasteiger partial charge in [0.25, 0.3) is 6.43 Å². The Kier molecular flexibility index (Phi) is 5.04. The van der Waals surface area contributed by atoms with Crippen LogP contribution in [0.15, 0.2) is 6.07 Å². The number of rotatable bonds is 3. The van der Waals surface area contributed by atoms with E-state index < -0.39 is 39.1 Å². The van der Waals surface area contributed by atoms with Crippen molar-refractivity contribution in [1.29, 1.82) is 0 Å². The van der Waals surface area contributed by atoms with Crippen LogP contribution in [0.4, 0.5) is 22.0 Å². The summed E-state index contributed by atoms with van der Waals surface area (Å²) < 4.78 is 67.0. The van der Waals surface area contributed by atoms with Gasteiger partial charge in [-0.25, -0.2) is 18.6 Å². The second kappa shape index (κ2) is 5.97. The van der Waals surface area contributed by atoms with E-state index in [2.05, 4.69) is 9.72 Å².